The SMILES string of the molecule is COc1cc2c(cc1OC)C(=O)C(CC1CCN(Cc3ccccc3)CC1)C2.[Y]. The molecule has 0 amide bonds. The molecular formula is C24H29NO3Y. The molecule has 1 fully saturated rings. The van der Waals surface area contributed by atoms with E-state index < -0.39 is 0 Å². The molecule has 0 N–H and O–H groups in total. The summed E-state index contributed by atoms with van der Waals surface area (Å²) in [6.07, 6.45) is 4.19. The van der Waals surface area contributed by atoms with Gasteiger partial charge in [0.05, 0.1) is 14.2 Å². The van der Waals surface area contributed by atoms with Crippen molar-refractivity contribution in [2.45, 2.75) is 32.2 Å². The van der Waals surface area contributed by atoms with E-state index in [1.807, 2.05) is 12.1 Å². The first-order chi connectivity index (χ1) is 13.7. The van der Waals surface area contributed by atoms with Crippen molar-refractivity contribution in [3.8, 4) is 11.5 Å². The van der Waals surface area contributed by atoms with Crippen molar-refractivity contribution in [3.05, 3.63) is 59.2 Å². The van der Waals surface area contributed by atoms with Gasteiger partial charge in [-0.25, -0.2) is 0 Å². The van der Waals surface area contributed by atoms with Crippen LogP contribution in [-0.4, -0.2) is 38.0 Å². The Labute approximate surface area is 198 Å². The van der Waals surface area contributed by atoms with E-state index in [-0.39, 0.29) is 44.4 Å². The van der Waals surface area contributed by atoms with Gasteiger partial charge >= 0.3 is 0 Å². The Hall–Kier alpha value is -1.23. The Morgan fingerprint density at radius 2 is 1.66 bits per heavy atom. The number of piperidine rings is 1. The molecule has 1 aliphatic heterocycles. The molecule has 4 rings (SSSR count). The first-order valence-corrected chi connectivity index (χ1v) is 10.2. The van der Waals surface area contributed by atoms with Crippen molar-refractivity contribution in [1.82, 2.24) is 4.90 Å². The minimum atomic E-state index is 0. The van der Waals surface area contributed by atoms with Crippen LogP contribution in [0.4, 0.5) is 0 Å². The molecule has 1 heterocycles. The summed E-state index contributed by atoms with van der Waals surface area (Å²) >= 11 is 0. The van der Waals surface area contributed by atoms with Gasteiger partial charge in [-0.3, -0.25) is 9.69 Å². The zero-order valence-corrected chi connectivity index (χ0v) is 20.2. The van der Waals surface area contributed by atoms with Gasteiger partial charge in [0.1, 0.15) is 0 Å². The number of hydrogen-bond acceptors (Lipinski definition) is 4. The summed E-state index contributed by atoms with van der Waals surface area (Å²) in [5.74, 6) is 2.38. The van der Waals surface area contributed by atoms with Crippen molar-refractivity contribution in [2.24, 2.45) is 11.8 Å². The minimum Gasteiger partial charge on any atom is -0.493 e. The van der Waals surface area contributed by atoms with E-state index >= 15 is 0 Å². The van der Waals surface area contributed by atoms with Crippen LogP contribution in [0.3, 0.4) is 0 Å². The van der Waals surface area contributed by atoms with E-state index in [1.165, 1.54) is 18.4 Å². The fraction of sp³-hybridized carbons (Fsp3) is 0.458. The van der Waals surface area contributed by atoms with E-state index in [1.54, 1.807) is 14.2 Å². The van der Waals surface area contributed by atoms with Gasteiger partial charge in [0.25, 0.3) is 0 Å². The molecule has 1 aliphatic carbocycles. The first kappa shape index (κ1) is 22.5. The molecule has 0 aromatic heterocycles. The molecule has 2 aromatic carbocycles. The van der Waals surface area contributed by atoms with Crippen molar-refractivity contribution < 1.29 is 47.0 Å². The van der Waals surface area contributed by atoms with Gasteiger partial charge in [0.15, 0.2) is 17.3 Å². The molecule has 1 radical (unpaired) electrons. The van der Waals surface area contributed by atoms with Gasteiger partial charge in [-0.1, -0.05) is 30.3 Å². The number of benzene rings is 2. The number of nitrogens with zero attached hydrogens (tertiary/aromatic N) is 1. The largest absolute Gasteiger partial charge is 0.493 e. The summed E-state index contributed by atoms with van der Waals surface area (Å²) in [6, 6.07) is 14.5. The standard InChI is InChI=1S/C24H29NO3.Y/c1-27-22-14-19-13-20(24(26)21(19)15-23(22)28-2)12-17-8-10-25(11-9-17)16-18-6-4-3-5-7-18;/h3-7,14-15,17,20H,8-13,16H2,1-2H3;. The number of carbonyl (C=O) groups is 1. The van der Waals surface area contributed by atoms with E-state index in [4.69, 9.17) is 9.47 Å². The van der Waals surface area contributed by atoms with E-state index in [0.29, 0.717) is 17.4 Å². The van der Waals surface area contributed by atoms with Crippen LogP contribution in [-0.2, 0) is 45.7 Å². The number of rotatable bonds is 6. The number of ketones is 1. The Balaban J connectivity index is 0.00000240. The van der Waals surface area contributed by atoms with E-state index in [9.17, 15) is 4.79 Å². The van der Waals surface area contributed by atoms with Gasteiger partial charge in [0, 0.05) is 50.7 Å². The zero-order chi connectivity index (χ0) is 19.5. The van der Waals surface area contributed by atoms with Crippen molar-refractivity contribution in [2.75, 3.05) is 27.3 Å². The third-order valence-electron chi connectivity index (χ3n) is 6.29. The Bertz CT molecular complexity index is 832. The molecule has 0 saturated carbocycles. The third-order valence-corrected chi connectivity index (χ3v) is 6.29. The van der Waals surface area contributed by atoms with Crippen molar-refractivity contribution in [3.63, 3.8) is 0 Å². The zero-order valence-electron chi connectivity index (χ0n) is 17.4. The van der Waals surface area contributed by atoms with Gasteiger partial charge < -0.3 is 9.47 Å². The Kier molecular flexibility index (Phi) is 7.89. The van der Waals surface area contributed by atoms with Crippen LogP contribution < -0.4 is 9.47 Å². The number of fused-ring (bicyclic) bond motifs is 1. The van der Waals surface area contributed by atoms with E-state index in [0.717, 1.165) is 43.6 Å². The molecule has 29 heavy (non-hydrogen) atoms. The maximum atomic E-state index is 12.9. The summed E-state index contributed by atoms with van der Waals surface area (Å²) in [5, 5.41) is 0. The smallest absolute Gasteiger partial charge is 0.166 e. The molecule has 4 nitrogen and oxygen atoms in total. The monoisotopic (exact) mass is 468 g/mol. The predicted molar refractivity (Wildman–Crippen MR) is 110 cm³/mol. The van der Waals surface area contributed by atoms with Crippen LogP contribution in [0, 0.1) is 11.8 Å². The first-order valence-electron chi connectivity index (χ1n) is 10.2. The molecule has 5 heteroatoms. The van der Waals surface area contributed by atoms with Crippen LogP contribution in [0.5, 0.6) is 11.5 Å². The third kappa shape index (κ3) is 5.10. The molecule has 1 unspecified atom stereocenters. The molecule has 1 atom stereocenters. The predicted octanol–water partition coefficient (Wildman–Crippen LogP) is 4.36. The molecule has 151 valence electrons. The summed E-state index contributed by atoms with van der Waals surface area (Å²) in [5.41, 5.74) is 3.31. The quantitative estimate of drug-likeness (QED) is 0.632. The number of likely N-dealkylation sites (tertiary alicyclic amines) is 1. The average molecular weight is 468 g/mol. The van der Waals surface area contributed by atoms with Gasteiger partial charge in [-0.2, -0.15) is 0 Å². The van der Waals surface area contributed by atoms with Crippen molar-refractivity contribution in [1.29, 1.82) is 0 Å². The van der Waals surface area contributed by atoms with Crippen molar-refractivity contribution >= 4 is 5.78 Å². The maximum Gasteiger partial charge on any atom is 0.166 e. The van der Waals surface area contributed by atoms with Gasteiger partial charge in [-0.15, -0.1) is 0 Å². The molecule has 2 aliphatic rings. The van der Waals surface area contributed by atoms with E-state index in [2.05, 4.69) is 35.2 Å². The summed E-state index contributed by atoms with van der Waals surface area (Å²) in [7, 11) is 3.26. The van der Waals surface area contributed by atoms with Crippen LogP contribution >= 0.6 is 0 Å². The molecule has 1 saturated heterocycles. The number of Topliss-reactive ketones (excluding diaryl/α,β-unsaturated/α-hetero) is 1. The summed E-state index contributed by atoms with van der Waals surface area (Å²) in [6.45, 7) is 3.27. The maximum absolute atomic E-state index is 12.9. The fourth-order valence-corrected chi connectivity index (χ4v) is 4.71. The molecule has 0 spiro atoms. The van der Waals surface area contributed by atoms with Crippen LogP contribution in [0.1, 0.15) is 40.7 Å². The topological polar surface area (TPSA) is 38.8 Å². The second-order valence-electron chi connectivity index (χ2n) is 8.07. The van der Waals surface area contributed by atoms with Gasteiger partial charge in [-0.05, 0) is 68.0 Å². The molecular weight excluding hydrogens is 439 g/mol. The summed E-state index contributed by atoms with van der Waals surface area (Å²) < 4.78 is 10.8. The minimum absolute atomic E-state index is 0. The second kappa shape index (κ2) is 10.2. The second-order valence-corrected chi connectivity index (χ2v) is 8.07. The molecule has 0 bridgehead atoms. The van der Waals surface area contributed by atoms with Gasteiger partial charge in [0.2, 0.25) is 0 Å². The Morgan fingerprint density at radius 1 is 1.00 bits per heavy atom. The van der Waals surface area contributed by atoms with Crippen LogP contribution in [0.15, 0.2) is 42.5 Å². The summed E-state index contributed by atoms with van der Waals surface area (Å²) in [4.78, 5) is 15.5. The number of ether oxygens (including phenoxy) is 2. The number of hydrogen-bond donors (Lipinski definition) is 0. The molecule has 2 aromatic rings. The van der Waals surface area contributed by atoms with Crippen LogP contribution in [0.25, 0.3) is 0 Å². The fourth-order valence-electron chi connectivity index (χ4n) is 4.71. The normalized spacial score (nSPS) is 19.5. The number of carbonyl (C=O) groups excluding carboxylic acids is 1. The number of methoxy groups -OCH3 is 2. The van der Waals surface area contributed by atoms with Crippen LogP contribution in [0.2, 0.25) is 0 Å². The average Bonchev–Trinajstić information content (AvgIpc) is 3.03. The Morgan fingerprint density at radius 3 is 2.31 bits per heavy atom.